The fourth-order valence-corrected chi connectivity index (χ4v) is 3.44. The van der Waals surface area contributed by atoms with Crippen LogP contribution in [0.25, 0.3) is 0 Å². The maximum absolute atomic E-state index is 13.7. The molecular formula is C17H23F2N3O. The van der Waals surface area contributed by atoms with Crippen molar-refractivity contribution in [1.29, 1.82) is 0 Å². The van der Waals surface area contributed by atoms with Crippen LogP contribution in [0.3, 0.4) is 0 Å². The average Bonchev–Trinajstić information content (AvgIpc) is 2.83. The van der Waals surface area contributed by atoms with Crippen LogP contribution in [-0.4, -0.2) is 47.5 Å². The van der Waals surface area contributed by atoms with Crippen LogP contribution in [0.2, 0.25) is 0 Å². The van der Waals surface area contributed by atoms with Gasteiger partial charge in [0.25, 0.3) is 0 Å². The van der Waals surface area contributed by atoms with E-state index in [-0.39, 0.29) is 24.2 Å². The number of halogens is 2. The summed E-state index contributed by atoms with van der Waals surface area (Å²) >= 11 is 0. The van der Waals surface area contributed by atoms with Crippen LogP contribution < -0.4 is 5.32 Å². The molecule has 1 aromatic rings. The third-order valence-electron chi connectivity index (χ3n) is 4.84. The zero-order valence-electron chi connectivity index (χ0n) is 13.6. The van der Waals surface area contributed by atoms with Crippen LogP contribution in [0.4, 0.5) is 13.6 Å². The molecule has 0 bridgehead atoms. The van der Waals surface area contributed by atoms with E-state index in [1.165, 1.54) is 6.07 Å². The van der Waals surface area contributed by atoms with Crippen molar-refractivity contribution in [1.82, 2.24) is 15.1 Å². The Morgan fingerprint density at radius 1 is 1.22 bits per heavy atom. The van der Waals surface area contributed by atoms with Crippen molar-refractivity contribution in [2.45, 2.75) is 44.8 Å². The van der Waals surface area contributed by atoms with Crippen molar-refractivity contribution in [3.8, 4) is 0 Å². The molecule has 126 valence electrons. The molecule has 2 aliphatic rings. The SMILES string of the molecule is CC(C)N1CC[C@@H](NC(=O)N2CCC2)[C@@H]1c1ccc(F)c(F)c1. The normalized spacial score (nSPS) is 24.8. The quantitative estimate of drug-likeness (QED) is 0.928. The number of nitrogens with zero attached hydrogens (tertiary/aromatic N) is 2. The molecular weight excluding hydrogens is 300 g/mol. The lowest BCUT2D eigenvalue weighted by Crippen LogP contribution is -2.52. The van der Waals surface area contributed by atoms with Crippen molar-refractivity contribution < 1.29 is 13.6 Å². The van der Waals surface area contributed by atoms with Gasteiger partial charge in [-0.3, -0.25) is 4.90 Å². The van der Waals surface area contributed by atoms with Gasteiger partial charge in [0.2, 0.25) is 0 Å². The Morgan fingerprint density at radius 3 is 2.52 bits per heavy atom. The van der Waals surface area contributed by atoms with Crippen molar-refractivity contribution >= 4 is 6.03 Å². The van der Waals surface area contributed by atoms with Gasteiger partial charge in [0.05, 0.1) is 12.1 Å². The van der Waals surface area contributed by atoms with E-state index in [0.717, 1.165) is 38.5 Å². The second-order valence-electron chi connectivity index (χ2n) is 6.64. The summed E-state index contributed by atoms with van der Waals surface area (Å²) < 4.78 is 26.9. The summed E-state index contributed by atoms with van der Waals surface area (Å²) in [5.74, 6) is -1.69. The summed E-state index contributed by atoms with van der Waals surface area (Å²) in [7, 11) is 0. The Bertz CT molecular complexity index is 589. The monoisotopic (exact) mass is 323 g/mol. The Kier molecular flexibility index (Phi) is 4.53. The molecule has 2 amide bonds. The highest BCUT2D eigenvalue weighted by atomic mass is 19.2. The highest BCUT2D eigenvalue weighted by Crippen LogP contribution is 2.34. The number of hydrogen-bond acceptors (Lipinski definition) is 2. The number of carbonyl (C=O) groups is 1. The number of benzene rings is 1. The second kappa shape index (κ2) is 6.43. The fraction of sp³-hybridized carbons (Fsp3) is 0.588. The summed E-state index contributed by atoms with van der Waals surface area (Å²) in [4.78, 5) is 16.2. The predicted molar refractivity (Wildman–Crippen MR) is 84.1 cm³/mol. The molecule has 0 unspecified atom stereocenters. The van der Waals surface area contributed by atoms with Gasteiger partial charge in [0.15, 0.2) is 11.6 Å². The van der Waals surface area contributed by atoms with Gasteiger partial charge in [0, 0.05) is 25.7 Å². The molecule has 0 aliphatic carbocycles. The molecule has 0 radical (unpaired) electrons. The molecule has 0 saturated carbocycles. The van der Waals surface area contributed by atoms with E-state index in [9.17, 15) is 13.6 Å². The number of hydrogen-bond donors (Lipinski definition) is 1. The van der Waals surface area contributed by atoms with Crippen LogP contribution in [-0.2, 0) is 0 Å². The smallest absolute Gasteiger partial charge is 0.317 e. The molecule has 1 N–H and O–H groups in total. The summed E-state index contributed by atoms with van der Waals surface area (Å²) in [5.41, 5.74) is 0.712. The number of nitrogens with one attached hydrogen (secondary N) is 1. The number of urea groups is 1. The Balaban J connectivity index is 1.82. The molecule has 4 nitrogen and oxygen atoms in total. The van der Waals surface area contributed by atoms with E-state index >= 15 is 0 Å². The van der Waals surface area contributed by atoms with Crippen molar-refractivity contribution in [3.63, 3.8) is 0 Å². The van der Waals surface area contributed by atoms with E-state index < -0.39 is 11.6 Å². The predicted octanol–water partition coefficient (Wildman–Crippen LogP) is 2.90. The standard InChI is InChI=1S/C17H23F2N3O/c1-11(2)22-9-6-15(20-17(23)21-7-3-8-21)16(22)12-4-5-13(18)14(19)10-12/h4-5,10-11,15-16H,3,6-9H2,1-2H3,(H,20,23)/t15-,16+/m1/s1. The van der Waals surface area contributed by atoms with Gasteiger partial charge in [-0.25, -0.2) is 13.6 Å². The molecule has 2 atom stereocenters. The zero-order chi connectivity index (χ0) is 16.6. The molecule has 2 fully saturated rings. The van der Waals surface area contributed by atoms with Crippen LogP contribution in [0.5, 0.6) is 0 Å². The van der Waals surface area contributed by atoms with E-state index in [4.69, 9.17) is 0 Å². The van der Waals surface area contributed by atoms with Gasteiger partial charge in [-0.15, -0.1) is 0 Å². The maximum atomic E-state index is 13.7. The minimum absolute atomic E-state index is 0.0561. The lowest BCUT2D eigenvalue weighted by molar-refractivity contribution is 0.154. The zero-order valence-corrected chi connectivity index (χ0v) is 13.6. The highest BCUT2D eigenvalue weighted by Gasteiger charge is 2.38. The molecule has 0 spiro atoms. The van der Waals surface area contributed by atoms with Crippen LogP contribution in [0, 0.1) is 11.6 Å². The van der Waals surface area contributed by atoms with E-state index in [1.807, 2.05) is 0 Å². The van der Waals surface area contributed by atoms with E-state index in [1.54, 1.807) is 11.0 Å². The Labute approximate surface area is 135 Å². The molecule has 23 heavy (non-hydrogen) atoms. The minimum Gasteiger partial charge on any atom is -0.333 e. The lowest BCUT2D eigenvalue weighted by Gasteiger charge is -2.35. The number of likely N-dealkylation sites (tertiary alicyclic amines) is 2. The second-order valence-corrected chi connectivity index (χ2v) is 6.64. The number of rotatable bonds is 3. The van der Waals surface area contributed by atoms with Crippen molar-refractivity contribution in [3.05, 3.63) is 35.4 Å². The average molecular weight is 323 g/mol. The van der Waals surface area contributed by atoms with Crippen molar-refractivity contribution in [2.75, 3.05) is 19.6 Å². The van der Waals surface area contributed by atoms with Crippen molar-refractivity contribution in [2.24, 2.45) is 0 Å². The molecule has 2 aliphatic heterocycles. The Morgan fingerprint density at radius 2 is 1.96 bits per heavy atom. The fourth-order valence-electron chi connectivity index (χ4n) is 3.44. The molecule has 6 heteroatoms. The first-order valence-electron chi connectivity index (χ1n) is 8.23. The van der Waals surface area contributed by atoms with Gasteiger partial charge in [-0.2, -0.15) is 0 Å². The molecule has 3 rings (SSSR count). The third-order valence-corrected chi connectivity index (χ3v) is 4.84. The summed E-state index contributed by atoms with van der Waals surface area (Å²) in [5, 5.41) is 3.08. The minimum atomic E-state index is -0.844. The molecule has 0 aromatic heterocycles. The molecule has 1 aromatic carbocycles. The first-order chi connectivity index (χ1) is 11.0. The largest absolute Gasteiger partial charge is 0.333 e. The third kappa shape index (κ3) is 3.17. The Hall–Kier alpha value is -1.69. The molecule has 2 heterocycles. The summed E-state index contributed by atoms with van der Waals surface area (Å²) in [6, 6.07) is 4.02. The first kappa shape index (κ1) is 16.2. The lowest BCUT2D eigenvalue weighted by atomic mass is 9.99. The van der Waals surface area contributed by atoms with Crippen LogP contribution >= 0.6 is 0 Å². The highest BCUT2D eigenvalue weighted by molar-refractivity contribution is 5.75. The summed E-state index contributed by atoms with van der Waals surface area (Å²) in [6.45, 7) is 6.57. The van der Waals surface area contributed by atoms with Crippen LogP contribution in [0.1, 0.15) is 38.3 Å². The molecule has 2 saturated heterocycles. The summed E-state index contributed by atoms with van der Waals surface area (Å²) in [6.07, 6.45) is 1.85. The number of carbonyl (C=O) groups excluding carboxylic acids is 1. The van der Waals surface area contributed by atoms with Gasteiger partial charge < -0.3 is 10.2 Å². The van der Waals surface area contributed by atoms with Gasteiger partial charge in [-0.05, 0) is 44.4 Å². The van der Waals surface area contributed by atoms with Gasteiger partial charge >= 0.3 is 6.03 Å². The number of amides is 2. The van der Waals surface area contributed by atoms with Gasteiger partial charge in [-0.1, -0.05) is 6.07 Å². The maximum Gasteiger partial charge on any atom is 0.317 e. The van der Waals surface area contributed by atoms with Gasteiger partial charge in [0.1, 0.15) is 0 Å². The first-order valence-corrected chi connectivity index (χ1v) is 8.23. The van der Waals surface area contributed by atoms with E-state index in [0.29, 0.717) is 5.56 Å². The topological polar surface area (TPSA) is 35.6 Å². The van der Waals surface area contributed by atoms with E-state index in [2.05, 4.69) is 24.1 Å². The van der Waals surface area contributed by atoms with Crippen LogP contribution in [0.15, 0.2) is 18.2 Å².